The zero-order valence-electron chi connectivity index (χ0n) is 17.9. The average molecular weight is 456 g/mol. The van der Waals surface area contributed by atoms with Crippen LogP contribution < -0.4 is 22.1 Å². The molecule has 8 N–H and O–H groups in total. The number of carboxylic acids is 1. The minimum absolute atomic E-state index is 0.000469. The molecule has 10 heteroatoms. The molecule has 2 aromatic carbocycles. The molecule has 0 aromatic heterocycles. The van der Waals surface area contributed by atoms with Crippen LogP contribution in [-0.2, 0) is 32.0 Å². The number of amides is 3. The summed E-state index contributed by atoms with van der Waals surface area (Å²) in [7, 11) is 0. The Labute approximate surface area is 191 Å². The first-order valence-corrected chi connectivity index (χ1v) is 10.3. The SMILES string of the molecule is NC(=O)CCC(N)C(=O)NC(Cc1ccc(O)cc1)C(=O)NC(Cc1ccccc1)C(=O)O. The molecule has 176 valence electrons. The van der Waals surface area contributed by atoms with Crippen LogP contribution in [0.4, 0.5) is 0 Å². The average Bonchev–Trinajstić information content (AvgIpc) is 2.78. The minimum atomic E-state index is -1.22. The van der Waals surface area contributed by atoms with Crippen molar-refractivity contribution in [2.24, 2.45) is 11.5 Å². The normalized spacial score (nSPS) is 13.4. The number of carbonyl (C=O) groups is 4. The van der Waals surface area contributed by atoms with Gasteiger partial charge in [0.15, 0.2) is 0 Å². The zero-order chi connectivity index (χ0) is 24.4. The maximum atomic E-state index is 13.0. The quantitative estimate of drug-likeness (QED) is 0.256. The van der Waals surface area contributed by atoms with Crippen LogP contribution >= 0.6 is 0 Å². The summed E-state index contributed by atoms with van der Waals surface area (Å²) in [4.78, 5) is 48.2. The van der Waals surface area contributed by atoms with Gasteiger partial charge in [-0.05, 0) is 29.7 Å². The van der Waals surface area contributed by atoms with E-state index in [-0.39, 0.29) is 31.4 Å². The number of carboxylic acid groups (broad SMARTS) is 1. The van der Waals surface area contributed by atoms with Gasteiger partial charge >= 0.3 is 5.97 Å². The monoisotopic (exact) mass is 456 g/mol. The van der Waals surface area contributed by atoms with E-state index in [1.165, 1.54) is 12.1 Å². The largest absolute Gasteiger partial charge is 0.508 e. The standard InChI is InChI=1S/C23H28N4O6/c24-17(10-11-20(25)29)21(30)26-18(12-15-6-8-16(28)9-7-15)22(31)27-19(23(32)33)13-14-4-2-1-3-5-14/h1-9,17-19,28H,10-13,24H2,(H2,25,29)(H,26,30)(H,27,31)(H,32,33). The number of carbonyl (C=O) groups excluding carboxylic acids is 3. The Balaban J connectivity index is 2.16. The molecule has 3 unspecified atom stereocenters. The summed E-state index contributed by atoms with van der Waals surface area (Å²) in [5.41, 5.74) is 12.2. The van der Waals surface area contributed by atoms with Gasteiger partial charge in [0.1, 0.15) is 17.8 Å². The summed E-state index contributed by atoms with van der Waals surface area (Å²) < 4.78 is 0. The van der Waals surface area contributed by atoms with Crippen LogP contribution in [0.3, 0.4) is 0 Å². The number of aromatic hydroxyl groups is 1. The van der Waals surface area contributed by atoms with Gasteiger partial charge in [-0.25, -0.2) is 4.79 Å². The van der Waals surface area contributed by atoms with E-state index in [4.69, 9.17) is 11.5 Å². The maximum Gasteiger partial charge on any atom is 0.326 e. The number of hydrogen-bond acceptors (Lipinski definition) is 6. The molecule has 33 heavy (non-hydrogen) atoms. The summed E-state index contributed by atoms with van der Waals surface area (Å²) in [6, 6.07) is 11.4. The van der Waals surface area contributed by atoms with Gasteiger partial charge in [0.2, 0.25) is 17.7 Å². The first-order valence-electron chi connectivity index (χ1n) is 10.3. The summed E-state index contributed by atoms with van der Waals surface area (Å²) in [6.45, 7) is 0. The molecule has 0 fully saturated rings. The Kier molecular flexibility index (Phi) is 9.37. The van der Waals surface area contributed by atoms with E-state index in [2.05, 4.69) is 10.6 Å². The highest BCUT2D eigenvalue weighted by molar-refractivity contribution is 5.92. The van der Waals surface area contributed by atoms with Crippen molar-refractivity contribution < 1.29 is 29.4 Å². The van der Waals surface area contributed by atoms with Gasteiger partial charge in [0.25, 0.3) is 0 Å². The third-order valence-electron chi connectivity index (χ3n) is 4.94. The van der Waals surface area contributed by atoms with Crippen molar-refractivity contribution in [3.63, 3.8) is 0 Å². The second-order valence-corrected chi connectivity index (χ2v) is 7.63. The van der Waals surface area contributed by atoms with E-state index in [0.29, 0.717) is 5.56 Å². The fraction of sp³-hybridized carbons (Fsp3) is 0.304. The number of phenolic OH excluding ortho intramolecular Hbond substituents is 1. The minimum Gasteiger partial charge on any atom is -0.508 e. The molecule has 0 heterocycles. The molecule has 10 nitrogen and oxygen atoms in total. The number of benzene rings is 2. The number of aliphatic carboxylic acids is 1. The number of rotatable bonds is 12. The Morgan fingerprint density at radius 3 is 1.94 bits per heavy atom. The highest BCUT2D eigenvalue weighted by Gasteiger charge is 2.28. The van der Waals surface area contributed by atoms with Crippen molar-refractivity contribution in [3.8, 4) is 5.75 Å². The van der Waals surface area contributed by atoms with Crippen LogP contribution in [0.5, 0.6) is 5.75 Å². The number of phenols is 1. The maximum absolute atomic E-state index is 13.0. The highest BCUT2D eigenvalue weighted by Crippen LogP contribution is 2.12. The van der Waals surface area contributed by atoms with Crippen LogP contribution in [-0.4, -0.2) is 52.0 Å². The van der Waals surface area contributed by atoms with E-state index in [0.717, 1.165) is 5.56 Å². The topological polar surface area (TPSA) is 185 Å². The lowest BCUT2D eigenvalue weighted by Crippen LogP contribution is -2.55. The van der Waals surface area contributed by atoms with Crippen molar-refractivity contribution in [3.05, 3.63) is 65.7 Å². The lowest BCUT2D eigenvalue weighted by molar-refractivity contribution is -0.142. The number of primary amides is 1. The third kappa shape index (κ3) is 8.62. The number of nitrogens with two attached hydrogens (primary N) is 2. The molecule has 2 rings (SSSR count). The van der Waals surface area contributed by atoms with E-state index >= 15 is 0 Å². The van der Waals surface area contributed by atoms with Gasteiger partial charge in [-0.15, -0.1) is 0 Å². The van der Waals surface area contributed by atoms with Gasteiger partial charge in [0, 0.05) is 19.3 Å². The lowest BCUT2D eigenvalue weighted by atomic mass is 10.0. The molecule has 0 bridgehead atoms. The Bertz CT molecular complexity index is 965. The second kappa shape index (κ2) is 12.2. The third-order valence-corrected chi connectivity index (χ3v) is 4.94. The van der Waals surface area contributed by atoms with Crippen LogP contribution in [0, 0.1) is 0 Å². The van der Waals surface area contributed by atoms with Gasteiger partial charge in [-0.3, -0.25) is 14.4 Å². The molecule has 0 aliphatic carbocycles. The molecular formula is C23H28N4O6. The second-order valence-electron chi connectivity index (χ2n) is 7.63. The van der Waals surface area contributed by atoms with Crippen molar-refractivity contribution in [2.75, 3.05) is 0 Å². The zero-order valence-corrected chi connectivity index (χ0v) is 17.9. The molecule has 0 saturated heterocycles. The van der Waals surface area contributed by atoms with Crippen LogP contribution in [0.25, 0.3) is 0 Å². The van der Waals surface area contributed by atoms with E-state index in [9.17, 15) is 29.4 Å². The van der Waals surface area contributed by atoms with Crippen LogP contribution in [0.15, 0.2) is 54.6 Å². The van der Waals surface area contributed by atoms with Gasteiger partial charge in [0.05, 0.1) is 6.04 Å². The predicted octanol–water partition coefficient (Wildman–Crippen LogP) is -0.176. The summed E-state index contributed by atoms with van der Waals surface area (Å²) in [5.74, 6) is -3.18. The van der Waals surface area contributed by atoms with Crippen LogP contribution in [0.1, 0.15) is 24.0 Å². The molecule has 0 saturated carbocycles. The predicted molar refractivity (Wildman–Crippen MR) is 120 cm³/mol. The molecule has 2 aromatic rings. The Morgan fingerprint density at radius 1 is 0.818 bits per heavy atom. The highest BCUT2D eigenvalue weighted by atomic mass is 16.4. The summed E-state index contributed by atoms with van der Waals surface area (Å²) >= 11 is 0. The fourth-order valence-electron chi connectivity index (χ4n) is 3.11. The Morgan fingerprint density at radius 2 is 1.36 bits per heavy atom. The molecule has 3 amide bonds. The van der Waals surface area contributed by atoms with Crippen molar-refractivity contribution in [1.29, 1.82) is 0 Å². The fourth-order valence-corrected chi connectivity index (χ4v) is 3.11. The van der Waals surface area contributed by atoms with E-state index in [1.54, 1.807) is 42.5 Å². The molecule has 0 spiro atoms. The lowest BCUT2D eigenvalue weighted by Gasteiger charge is -2.23. The summed E-state index contributed by atoms with van der Waals surface area (Å²) in [6.07, 6.45) is -0.0139. The first kappa shape index (κ1) is 25.3. The molecule has 0 radical (unpaired) electrons. The smallest absolute Gasteiger partial charge is 0.326 e. The van der Waals surface area contributed by atoms with Gasteiger partial charge < -0.3 is 32.3 Å². The molecule has 0 aliphatic heterocycles. The number of hydrogen-bond donors (Lipinski definition) is 6. The molecule has 3 atom stereocenters. The van der Waals surface area contributed by atoms with Crippen molar-refractivity contribution in [1.82, 2.24) is 10.6 Å². The first-order chi connectivity index (χ1) is 15.7. The van der Waals surface area contributed by atoms with Gasteiger partial charge in [-0.2, -0.15) is 0 Å². The summed E-state index contributed by atoms with van der Waals surface area (Å²) in [5, 5.41) is 24.1. The van der Waals surface area contributed by atoms with Crippen molar-refractivity contribution >= 4 is 23.7 Å². The van der Waals surface area contributed by atoms with E-state index < -0.39 is 41.8 Å². The molecule has 0 aliphatic rings. The van der Waals surface area contributed by atoms with Crippen LogP contribution in [0.2, 0.25) is 0 Å². The number of nitrogens with one attached hydrogen (secondary N) is 2. The van der Waals surface area contributed by atoms with Gasteiger partial charge in [-0.1, -0.05) is 42.5 Å². The van der Waals surface area contributed by atoms with E-state index in [1.807, 2.05) is 0 Å². The molecular weight excluding hydrogens is 428 g/mol. The van der Waals surface area contributed by atoms with Crippen molar-refractivity contribution in [2.45, 2.75) is 43.8 Å². The Hall–Kier alpha value is -3.92.